The second kappa shape index (κ2) is 2.53. The van der Waals surface area contributed by atoms with Crippen LogP contribution in [0.1, 0.15) is 19.8 Å². The van der Waals surface area contributed by atoms with Gasteiger partial charge < -0.3 is 10.4 Å². The summed E-state index contributed by atoms with van der Waals surface area (Å²) in [5.41, 5.74) is -1.20. The molecule has 1 amide bonds. The number of amides is 1. The van der Waals surface area contributed by atoms with E-state index < -0.39 is 11.4 Å². The molecule has 0 aromatic carbocycles. The number of carbonyl (C=O) groups excluding carboxylic acids is 1. The molecule has 1 heterocycles. The summed E-state index contributed by atoms with van der Waals surface area (Å²) >= 11 is 0. The summed E-state index contributed by atoms with van der Waals surface area (Å²) in [7, 11) is 0. The van der Waals surface area contributed by atoms with Gasteiger partial charge in [0.05, 0.1) is 0 Å². The maximum atomic E-state index is 11.1. The molecule has 62 valence electrons. The Morgan fingerprint density at radius 1 is 1.73 bits per heavy atom. The van der Waals surface area contributed by atoms with Crippen molar-refractivity contribution in [3.05, 3.63) is 0 Å². The monoisotopic (exact) mass is 157 g/mol. The number of carboxylic acids is 1. The topological polar surface area (TPSA) is 66.4 Å². The van der Waals surface area contributed by atoms with E-state index in [0.29, 0.717) is 13.0 Å². The highest BCUT2D eigenvalue weighted by molar-refractivity contribution is 6.01. The van der Waals surface area contributed by atoms with E-state index in [1.807, 2.05) is 0 Å². The zero-order valence-electron chi connectivity index (χ0n) is 6.39. The lowest BCUT2D eigenvalue weighted by atomic mass is 9.82. The lowest BCUT2D eigenvalue weighted by molar-refractivity contribution is -0.156. The Bertz CT molecular complexity index is 202. The van der Waals surface area contributed by atoms with Crippen LogP contribution in [0.5, 0.6) is 0 Å². The molecule has 0 bridgehead atoms. The van der Waals surface area contributed by atoms with Crippen molar-refractivity contribution in [1.82, 2.24) is 5.32 Å². The summed E-state index contributed by atoms with van der Waals surface area (Å²) in [4.78, 5) is 21.7. The van der Waals surface area contributed by atoms with Gasteiger partial charge in [-0.3, -0.25) is 9.59 Å². The van der Waals surface area contributed by atoms with E-state index in [2.05, 4.69) is 5.32 Å². The van der Waals surface area contributed by atoms with Crippen molar-refractivity contribution in [2.75, 3.05) is 6.54 Å². The smallest absolute Gasteiger partial charge is 0.318 e. The Hall–Kier alpha value is -1.06. The van der Waals surface area contributed by atoms with Crippen molar-refractivity contribution in [2.45, 2.75) is 19.8 Å². The van der Waals surface area contributed by atoms with Crippen molar-refractivity contribution < 1.29 is 14.7 Å². The Balaban J connectivity index is 2.81. The number of carboxylic acid groups (broad SMARTS) is 1. The molecule has 1 aliphatic rings. The van der Waals surface area contributed by atoms with Crippen LogP contribution in [0.2, 0.25) is 0 Å². The summed E-state index contributed by atoms with van der Waals surface area (Å²) in [5, 5.41) is 11.2. The van der Waals surface area contributed by atoms with Crippen LogP contribution in [0.15, 0.2) is 0 Å². The second-order valence-electron chi connectivity index (χ2n) is 3.00. The third kappa shape index (κ3) is 1.20. The highest BCUT2D eigenvalue weighted by atomic mass is 16.4. The first-order valence-electron chi connectivity index (χ1n) is 3.59. The minimum Gasteiger partial charge on any atom is -0.480 e. The summed E-state index contributed by atoms with van der Waals surface area (Å²) in [6.07, 6.45) is 1.18. The lowest BCUT2D eigenvalue weighted by Crippen LogP contribution is -2.48. The highest BCUT2D eigenvalue weighted by Crippen LogP contribution is 2.26. The third-order valence-corrected chi connectivity index (χ3v) is 2.11. The van der Waals surface area contributed by atoms with Crippen LogP contribution in [-0.4, -0.2) is 23.5 Å². The molecular formula is C7H11NO3. The molecule has 0 aromatic rings. The average Bonchev–Trinajstić information content (AvgIpc) is 1.95. The Morgan fingerprint density at radius 2 is 2.36 bits per heavy atom. The maximum Gasteiger partial charge on any atom is 0.318 e. The Kier molecular flexibility index (Phi) is 1.85. The van der Waals surface area contributed by atoms with Crippen molar-refractivity contribution in [2.24, 2.45) is 5.41 Å². The molecule has 0 spiro atoms. The summed E-state index contributed by atoms with van der Waals surface area (Å²) in [6, 6.07) is 0. The minimum absolute atomic E-state index is 0.365. The molecule has 0 saturated carbocycles. The molecule has 0 unspecified atom stereocenters. The van der Waals surface area contributed by atoms with Crippen molar-refractivity contribution in [1.29, 1.82) is 0 Å². The zero-order chi connectivity index (χ0) is 8.48. The Labute approximate surface area is 64.6 Å². The van der Waals surface area contributed by atoms with E-state index in [-0.39, 0.29) is 5.91 Å². The first kappa shape index (κ1) is 8.04. The molecule has 2 N–H and O–H groups in total. The molecule has 1 saturated heterocycles. The molecular weight excluding hydrogens is 146 g/mol. The van der Waals surface area contributed by atoms with Crippen LogP contribution in [0.25, 0.3) is 0 Å². The van der Waals surface area contributed by atoms with Gasteiger partial charge in [0, 0.05) is 6.54 Å². The molecule has 4 nitrogen and oxygen atoms in total. The van der Waals surface area contributed by atoms with Crippen LogP contribution < -0.4 is 5.32 Å². The predicted molar refractivity (Wildman–Crippen MR) is 38.0 cm³/mol. The fourth-order valence-electron chi connectivity index (χ4n) is 1.16. The van der Waals surface area contributed by atoms with Crippen molar-refractivity contribution >= 4 is 11.9 Å². The van der Waals surface area contributed by atoms with E-state index in [1.54, 1.807) is 0 Å². The number of rotatable bonds is 1. The van der Waals surface area contributed by atoms with Gasteiger partial charge in [-0.05, 0) is 19.8 Å². The standard InChI is InChI=1S/C7H11NO3/c1-7(6(10)11)3-2-4-8-5(7)9/h2-4H2,1H3,(H,8,9)(H,10,11)/t7-/m1/s1. The summed E-state index contributed by atoms with van der Waals surface area (Å²) < 4.78 is 0. The third-order valence-electron chi connectivity index (χ3n) is 2.11. The van der Waals surface area contributed by atoms with Gasteiger partial charge in [-0.1, -0.05) is 0 Å². The molecule has 1 rings (SSSR count). The van der Waals surface area contributed by atoms with Crippen LogP contribution in [0.4, 0.5) is 0 Å². The largest absolute Gasteiger partial charge is 0.480 e. The molecule has 0 radical (unpaired) electrons. The van der Waals surface area contributed by atoms with Gasteiger partial charge in [0.1, 0.15) is 5.41 Å². The molecule has 4 heteroatoms. The molecule has 0 aromatic heterocycles. The van der Waals surface area contributed by atoms with Crippen LogP contribution in [0, 0.1) is 5.41 Å². The van der Waals surface area contributed by atoms with E-state index >= 15 is 0 Å². The van der Waals surface area contributed by atoms with E-state index in [1.165, 1.54) is 6.92 Å². The highest BCUT2D eigenvalue weighted by Gasteiger charge is 2.42. The number of nitrogens with one attached hydrogen (secondary N) is 1. The van der Waals surface area contributed by atoms with E-state index in [4.69, 9.17) is 5.11 Å². The van der Waals surface area contributed by atoms with Crippen LogP contribution in [0.3, 0.4) is 0 Å². The van der Waals surface area contributed by atoms with Gasteiger partial charge in [0.2, 0.25) is 5.91 Å². The fourth-order valence-corrected chi connectivity index (χ4v) is 1.16. The molecule has 1 aliphatic heterocycles. The molecule has 1 atom stereocenters. The number of hydrogen-bond acceptors (Lipinski definition) is 2. The van der Waals surface area contributed by atoms with Gasteiger partial charge in [0.15, 0.2) is 0 Å². The van der Waals surface area contributed by atoms with E-state index in [9.17, 15) is 9.59 Å². The fraction of sp³-hybridized carbons (Fsp3) is 0.714. The number of hydrogen-bond donors (Lipinski definition) is 2. The zero-order valence-corrected chi connectivity index (χ0v) is 6.39. The van der Waals surface area contributed by atoms with Gasteiger partial charge in [-0.15, -0.1) is 0 Å². The molecule has 1 fully saturated rings. The number of piperidine rings is 1. The first-order valence-corrected chi connectivity index (χ1v) is 3.59. The number of aliphatic carboxylic acids is 1. The van der Waals surface area contributed by atoms with Crippen LogP contribution >= 0.6 is 0 Å². The molecule has 11 heavy (non-hydrogen) atoms. The second-order valence-corrected chi connectivity index (χ2v) is 3.00. The molecule has 0 aliphatic carbocycles. The van der Waals surface area contributed by atoms with Gasteiger partial charge in [-0.2, -0.15) is 0 Å². The number of carbonyl (C=O) groups is 2. The quantitative estimate of drug-likeness (QED) is 0.526. The summed E-state index contributed by atoms with van der Waals surface area (Å²) in [6.45, 7) is 2.06. The van der Waals surface area contributed by atoms with Crippen molar-refractivity contribution in [3.63, 3.8) is 0 Å². The van der Waals surface area contributed by atoms with Gasteiger partial charge in [-0.25, -0.2) is 0 Å². The summed E-state index contributed by atoms with van der Waals surface area (Å²) in [5.74, 6) is -1.40. The normalized spacial score (nSPS) is 31.2. The van der Waals surface area contributed by atoms with Gasteiger partial charge in [0.25, 0.3) is 0 Å². The Morgan fingerprint density at radius 3 is 2.73 bits per heavy atom. The SMILES string of the molecule is C[C@@]1(C(=O)O)CCCNC1=O. The van der Waals surface area contributed by atoms with Gasteiger partial charge >= 0.3 is 5.97 Å². The van der Waals surface area contributed by atoms with Crippen molar-refractivity contribution in [3.8, 4) is 0 Å². The lowest BCUT2D eigenvalue weighted by Gasteiger charge is -2.27. The van der Waals surface area contributed by atoms with Crippen LogP contribution in [-0.2, 0) is 9.59 Å². The first-order chi connectivity index (χ1) is 5.07. The minimum atomic E-state index is -1.20. The van der Waals surface area contributed by atoms with E-state index in [0.717, 1.165) is 6.42 Å². The predicted octanol–water partition coefficient (Wildman–Crippen LogP) is -0.0127. The average molecular weight is 157 g/mol. The maximum absolute atomic E-state index is 11.1.